The summed E-state index contributed by atoms with van der Waals surface area (Å²) in [4.78, 5) is 22.1. The monoisotopic (exact) mass is 378 g/mol. The number of rotatable bonds is 3. The quantitative estimate of drug-likeness (QED) is 0.754. The number of carbonyl (C=O) groups is 2. The second kappa shape index (κ2) is 6.36. The molecule has 0 aromatic heterocycles. The van der Waals surface area contributed by atoms with E-state index in [0.717, 1.165) is 3.57 Å². The van der Waals surface area contributed by atoms with Gasteiger partial charge in [-0.15, -0.1) is 0 Å². The maximum absolute atomic E-state index is 11.1. The molecule has 19 heavy (non-hydrogen) atoms. The second-order valence-electron chi connectivity index (χ2n) is 5.11. The molecule has 0 saturated heterocycles. The molecule has 0 atom stereocenters. The summed E-state index contributed by atoms with van der Waals surface area (Å²) >= 11 is -2.67. The van der Waals surface area contributed by atoms with Crippen LogP contribution in [0.25, 0.3) is 0 Å². The zero-order valence-electron chi connectivity index (χ0n) is 11.8. The molecule has 0 radical (unpaired) electrons. The van der Waals surface area contributed by atoms with Crippen LogP contribution in [0.3, 0.4) is 0 Å². The van der Waals surface area contributed by atoms with E-state index in [4.69, 9.17) is 6.13 Å². The molecule has 1 rings (SSSR count). The third kappa shape index (κ3) is 5.18. The molecule has 1 aromatic carbocycles. The molecule has 1 aromatic rings. The van der Waals surface area contributed by atoms with Crippen molar-refractivity contribution in [2.45, 2.75) is 40.0 Å². The van der Waals surface area contributed by atoms with Crippen molar-refractivity contribution >= 4 is 32.6 Å². The molecular weight excluding hydrogens is 359 g/mol. The van der Waals surface area contributed by atoms with Crippen molar-refractivity contribution in [3.05, 3.63) is 33.4 Å². The Kier molecular flexibility index (Phi) is 5.34. The van der Waals surface area contributed by atoms with Gasteiger partial charge in [-0.05, 0) is 0 Å². The van der Waals surface area contributed by atoms with Crippen molar-refractivity contribution in [1.29, 1.82) is 0 Å². The van der Waals surface area contributed by atoms with Crippen molar-refractivity contribution in [1.82, 2.24) is 0 Å². The van der Waals surface area contributed by atoms with Gasteiger partial charge in [0.2, 0.25) is 0 Å². The minimum atomic E-state index is -2.67. The van der Waals surface area contributed by atoms with E-state index in [1.54, 1.807) is 0 Å². The van der Waals surface area contributed by atoms with E-state index in [1.165, 1.54) is 19.4 Å². The third-order valence-corrected chi connectivity index (χ3v) is 6.02. The second-order valence-corrected chi connectivity index (χ2v) is 8.48. The van der Waals surface area contributed by atoms with Crippen LogP contribution in [0.2, 0.25) is 0 Å². The molecular formula is C14H19IO4. The normalized spacial score (nSPS) is 11.7. The van der Waals surface area contributed by atoms with Crippen molar-refractivity contribution in [3.8, 4) is 0 Å². The SMILES string of the molecule is CC(=O)OI(OC(C)=O)c1ccc(C(C)(C)C)cc1. The first-order chi connectivity index (χ1) is 8.70. The fraction of sp³-hybridized carbons (Fsp3) is 0.429. The zero-order chi connectivity index (χ0) is 14.6. The average molecular weight is 378 g/mol. The number of halogens is 1. The van der Waals surface area contributed by atoms with Crippen LogP contribution in [0.1, 0.15) is 40.2 Å². The summed E-state index contributed by atoms with van der Waals surface area (Å²) in [7, 11) is 0. The number of hydrogen-bond acceptors (Lipinski definition) is 4. The summed E-state index contributed by atoms with van der Waals surface area (Å²) in [5.74, 6) is -0.849. The van der Waals surface area contributed by atoms with Crippen LogP contribution in [-0.4, -0.2) is 11.9 Å². The Morgan fingerprint density at radius 1 is 0.947 bits per heavy atom. The Morgan fingerprint density at radius 2 is 1.37 bits per heavy atom. The topological polar surface area (TPSA) is 52.6 Å². The van der Waals surface area contributed by atoms with Gasteiger partial charge in [0.25, 0.3) is 0 Å². The third-order valence-electron chi connectivity index (χ3n) is 2.25. The Bertz CT molecular complexity index is 443. The summed E-state index contributed by atoms with van der Waals surface area (Å²) in [5.41, 5.74) is 1.23. The molecule has 0 aliphatic carbocycles. The van der Waals surface area contributed by atoms with Crippen LogP contribution in [-0.2, 0) is 21.1 Å². The summed E-state index contributed by atoms with van der Waals surface area (Å²) in [6.07, 6.45) is 0. The summed E-state index contributed by atoms with van der Waals surface area (Å²) < 4.78 is 11.1. The number of hydrogen-bond donors (Lipinski definition) is 0. The minimum absolute atomic E-state index is 0.0560. The summed E-state index contributed by atoms with van der Waals surface area (Å²) in [6, 6.07) is 7.70. The molecule has 0 saturated carbocycles. The summed E-state index contributed by atoms with van der Waals surface area (Å²) in [5, 5.41) is 0. The molecule has 0 heterocycles. The van der Waals surface area contributed by atoms with Crippen molar-refractivity contribution < 1.29 is 15.7 Å². The van der Waals surface area contributed by atoms with E-state index >= 15 is 0 Å². The first kappa shape index (κ1) is 15.9. The molecule has 0 bridgehead atoms. The van der Waals surface area contributed by atoms with E-state index in [0.29, 0.717) is 0 Å². The molecule has 5 heteroatoms. The van der Waals surface area contributed by atoms with Crippen LogP contribution in [0.15, 0.2) is 24.3 Å². The molecule has 0 spiro atoms. The van der Waals surface area contributed by atoms with Crippen LogP contribution in [0, 0.1) is 3.57 Å². The average Bonchev–Trinajstić information content (AvgIpc) is 2.26. The number of benzene rings is 1. The first-order valence-electron chi connectivity index (χ1n) is 5.89. The van der Waals surface area contributed by atoms with Gasteiger partial charge in [0.05, 0.1) is 0 Å². The van der Waals surface area contributed by atoms with Crippen molar-refractivity contribution in [2.24, 2.45) is 0 Å². The number of carbonyl (C=O) groups excluding carboxylic acids is 2. The van der Waals surface area contributed by atoms with Crippen LogP contribution >= 0.6 is 20.6 Å². The van der Waals surface area contributed by atoms with E-state index in [9.17, 15) is 9.59 Å². The first-order valence-corrected chi connectivity index (χ1v) is 8.73. The van der Waals surface area contributed by atoms with Gasteiger partial charge < -0.3 is 0 Å². The molecule has 0 N–H and O–H groups in total. The van der Waals surface area contributed by atoms with E-state index in [-0.39, 0.29) is 5.41 Å². The predicted molar refractivity (Wildman–Crippen MR) is 81.4 cm³/mol. The van der Waals surface area contributed by atoms with Gasteiger partial charge in [0.1, 0.15) is 0 Å². The van der Waals surface area contributed by atoms with Gasteiger partial charge in [-0.1, -0.05) is 0 Å². The Balaban J connectivity index is 2.96. The molecule has 0 unspecified atom stereocenters. The van der Waals surface area contributed by atoms with Gasteiger partial charge in [-0.25, -0.2) is 0 Å². The van der Waals surface area contributed by atoms with Crippen LogP contribution < -0.4 is 0 Å². The molecule has 4 nitrogen and oxygen atoms in total. The zero-order valence-corrected chi connectivity index (χ0v) is 14.0. The maximum atomic E-state index is 11.1. The fourth-order valence-electron chi connectivity index (χ4n) is 1.35. The molecule has 0 fully saturated rings. The van der Waals surface area contributed by atoms with E-state index < -0.39 is 32.6 Å². The summed E-state index contributed by atoms with van der Waals surface area (Å²) in [6.45, 7) is 9.00. The Morgan fingerprint density at radius 3 is 1.68 bits per heavy atom. The van der Waals surface area contributed by atoms with Gasteiger partial charge in [-0.2, -0.15) is 0 Å². The molecule has 0 aliphatic rings. The van der Waals surface area contributed by atoms with Crippen molar-refractivity contribution in [2.75, 3.05) is 0 Å². The standard InChI is InChI=1S/C14H19IO4/c1-10(16)18-15(19-11(2)17)13-8-6-12(7-9-13)14(3,4)5/h6-9H,1-5H3. The van der Waals surface area contributed by atoms with Gasteiger partial charge >= 0.3 is 122 Å². The van der Waals surface area contributed by atoms with E-state index in [2.05, 4.69) is 20.8 Å². The van der Waals surface area contributed by atoms with Crippen LogP contribution in [0.5, 0.6) is 0 Å². The van der Waals surface area contributed by atoms with Gasteiger partial charge in [0.15, 0.2) is 0 Å². The van der Waals surface area contributed by atoms with Crippen molar-refractivity contribution in [3.63, 3.8) is 0 Å². The van der Waals surface area contributed by atoms with Gasteiger partial charge in [0, 0.05) is 0 Å². The van der Waals surface area contributed by atoms with E-state index in [1.807, 2.05) is 24.3 Å². The predicted octanol–water partition coefficient (Wildman–Crippen LogP) is 3.62. The molecule has 106 valence electrons. The molecule has 0 aliphatic heterocycles. The van der Waals surface area contributed by atoms with Gasteiger partial charge in [-0.3, -0.25) is 0 Å². The Hall–Kier alpha value is -1.11. The van der Waals surface area contributed by atoms with Crippen LogP contribution in [0.4, 0.5) is 0 Å². The Labute approximate surface area is 122 Å². The fourth-order valence-corrected chi connectivity index (χ4v) is 4.03. The molecule has 0 amide bonds.